The molecule has 0 saturated heterocycles. The average molecular weight is 772 g/mol. The van der Waals surface area contributed by atoms with Crippen LogP contribution < -0.4 is 9.64 Å². The Balaban J connectivity index is 1.07. The van der Waals surface area contributed by atoms with Crippen molar-refractivity contribution in [3.8, 4) is 22.6 Å². The molecular formula is C56H37NOS. The third-order valence-corrected chi connectivity index (χ3v) is 13.8. The standard InChI is InChI=1S/C56H37NOS/c1-3-17-38(18-4-1)55(45-23-9-7-21-43(45)44-22-8-10-24-46(44)55)39-31-33-41(34-32-39)57(40-19-5-2-6-20-40)42-35-36-52-50(37-42)56(47-25-11-14-28-51(47)58-52)48-26-12-15-29-53(48)59-54-30-16-13-27-49(54)56/h1-37H. The molecule has 0 atom stereocenters. The molecule has 0 fully saturated rings. The van der Waals surface area contributed by atoms with Crippen LogP contribution in [0, 0.1) is 0 Å². The number of ether oxygens (including phenoxy) is 1. The summed E-state index contributed by atoms with van der Waals surface area (Å²) in [4.78, 5) is 4.91. The van der Waals surface area contributed by atoms with Crippen LogP contribution >= 0.6 is 11.8 Å². The highest BCUT2D eigenvalue weighted by Gasteiger charge is 2.50. The Morgan fingerprint density at radius 2 is 0.780 bits per heavy atom. The van der Waals surface area contributed by atoms with E-state index in [9.17, 15) is 0 Å². The van der Waals surface area contributed by atoms with E-state index < -0.39 is 10.8 Å². The Kier molecular flexibility index (Phi) is 7.63. The van der Waals surface area contributed by atoms with Crippen LogP contribution in [0.3, 0.4) is 0 Å². The van der Waals surface area contributed by atoms with Crippen LogP contribution in [-0.4, -0.2) is 0 Å². The van der Waals surface area contributed by atoms with Gasteiger partial charge in [0.25, 0.3) is 0 Å². The van der Waals surface area contributed by atoms with Gasteiger partial charge in [-0.1, -0.05) is 176 Å². The first kappa shape index (κ1) is 34.0. The van der Waals surface area contributed by atoms with Gasteiger partial charge in [-0.3, -0.25) is 0 Å². The van der Waals surface area contributed by atoms with Crippen molar-refractivity contribution in [1.82, 2.24) is 0 Å². The number of nitrogens with zero attached hydrogens (tertiary/aromatic N) is 1. The summed E-state index contributed by atoms with van der Waals surface area (Å²) >= 11 is 1.85. The summed E-state index contributed by atoms with van der Waals surface area (Å²) in [6.45, 7) is 0. The predicted octanol–water partition coefficient (Wildman–Crippen LogP) is 14.5. The van der Waals surface area contributed by atoms with Gasteiger partial charge in [0.2, 0.25) is 0 Å². The second-order valence-electron chi connectivity index (χ2n) is 15.5. The maximum absolute atomic E-state index is 6.84. The molecular weight excluding hydrogens is 735 g/mol. The molecule has 9 aromatic rings. The van der Waals surface area contributed by atoms with Gasteiger partial charge < -0.3 is 9.64 Å². The molecule has 1 spiro atoms. The van der Waals surface area contributed by atoms with Crippen LogP contribution in [0.1, 0.15) is 44.5 Å². The molecule has 1 aliphatic carbocycles. The van der Waals surface area contributed by atoms with Crippen LogP contribution in [0.15, 0.2) is 234 Å². The lowest BCUT2D eigenvalue weighted by molar-refractivity contribution is 0.431. The Hall–Kier alpha value is -7.07. The first-order chi connectivity index (χ1) is 29.3. The summed E-state index contributed by atoms with van der Waals surface area (Å²) in [5.74, 6) is 1.76. The first-order valence-electron chi connectivity index (χ1n) is 20.3. The molecule has 0 saturated carbocycles. The van der Waals surface area contributed by atoms with Crippen molar-refractivity contribution in [3.05, 3.63) is 269 Å². The predicted molar refractivity (Wildman–Crippen MR) is 241 cm³/mol. The number of hydrogen-bond acceptors (Lipinski definition) is 3. The zero-order chi connectivity index (χ0) is 39.0. The van der Waals surface area contributed by atoms with E-state index in [0.717, 1.165) is 39.7 Å². The largest absolute Gasteiger partial charge is 0.457 e. The van der Waals surface area contributed by atoms with E-state index in [1.54, 1.807) is 0 Å². The third kappa shape index (κ3) is 4.83. The Morgan fingerprint density at radius 1 is 0.322 bits per heavy atom. The van der Waals surface area contributed by atoms with Gasteiger partial charge in [-0.2, -0.15) is 0 Å². The topological polar surface area (TPSA) is 12.5 Å². The van der Waals surface area contributed by atoms with Crippen molar-refractivity contribution in [2.75, 3.05) is 4.90 Å². The zero-order valence-corrected chi connectivity index (χ0v) is 32.9. The van der Waals surface area contributed by atoms with Crippen molar-refractivity contribution in [2.45, 2.75) is 20.6 Å². The van der Waals surface area contributed by atoms with Crippen molar-refractivity contribution < 1.29 is 4.74 Å². The Bertz CT molecular complexity index is 2920. The lowest BCUT2D eigenvalue weighted by Gasteiger charge is -2.45. The number of benzene rings is 9. The molecule has 0 N–H and O–H groups in total. The second kappa shape index (κ2) is 13.2. The fourth-order valence-corrected chi connectivity index (χ4v) is 11.5. The minimum Gasteiger partial charge on any atom is -0.457 e. The fourth-order valence-electron chi connectivity index (χ4n) is 10.3. The highest BCUT2D eigenvalue weighted by molar-refractivity contribution is 7.99. The van der Waals surface area contributed by atoms with E-state index in [2.05, 4.69) is 229 Å². The number of para-hydroxylation sites is 2. The lowest BCUT2D eigenvalue weighted by atomic mass is 9.63. The van der Waals surface area contributed by atoms with Gasteiger partial charge in [0, 0.05) is 38.0 Å². The molecule has 0 aromatic heterocycles. The molecule has 9 aromatic carbocycles. The lowest BCUT2D eigenvalue weighted by Crippen LogP contribution is -2.36. The zero-order valence-electron chi connectivity index (χ0n) is 32.1. The maximum Gasteiger partial charge on any atom is 0.132 e. The molecule has 3 heteroatoms. The smallest absolute Gasteiger partial charge is 0.132 e. The van der Waals surface area contributed by atoms with Crippen LogP contribution in [0.2, 0.25) is 0 Å². The molecule has 59 heavy (non-hydrogen) atoms. The molecule has 2 heterocycles. The fraction of sp³-hybridized carbons (Fsp3) is 0.0357. The van der Waals surface area contributed by atoms with E-state index in [4.69, 9.17) is 4.74 Å². The van der Waals surface area contributed by atoms with Gasteiger partial charge in [-0.15, -0.1) is 0 Å². The van der Waals surface area contributed by atoms with Crippen LogP contribution in [0.5, 0.6) is 11.5 Å². The summed E-state index contributed by atoms with van der Waals surface area (Å²) in [5.41, 5.74) is 14.7. The molecule has 0 radical (unpaired) electrons. The minimum absolute atomic E-state index is 0.465. The van der Waals surface area contributed by atoms with Crippen LogP contribution in [-0.2, 0) is 10.8 Å². The van der Waals surface area contributed by atoms with Gasteiger partial charge >= 0.3 is 0 Å². The van der Waals surface area contributed by atoms with Crippen LogP contribution in [0.25, 0.3) is 11.1 Å². The number of fused-ring (bicyclic) bond motifs is 11. The highest BCUT2D eigenvalue weighted by atomic mass is 32.2. The number of anilines is 3. The van der Waals surface area contributed by atoms with Crippen LogP contribution in [0.4, 0.5) is 17.1 Å². The number of hydrogen-bond donors (Lipinski definition) is 0. The van der Waals surface area contributed by atoms with Gasteiger partial charge in [-0.25, -0.2) is 0 Å². The average Bonchev–Trinajstić information content (AvgIpc) is 3.61. The van der Waals surface area contributed by atoms with Crippen molar-refractivity contribution >= 4 is 28.8 Å². The Morgan fingerprint density at radius 3 is 1.42 bits per heavy atom. The third-order valence-electron chi connectivity index (χ3n) is 12.7. The molecule has 12 rings (SSSR count). The molecule has 3 aliphatic rings. The second-order valence-corrected chi connectivity index (χ2v) is 16.6. The van der Waals surface area contributed by atoms with Crippen molar-refractivity contribution in [1.29, 1.82) is 0 Å². The quantitative estimate of drug-likeness (QED) is 0.173. The Labute approximate surface area is 349 Å². The molecule has 278 valence electrons. The SMILES string of the molecule is c1ccc(N(c2ccc(C3(c4ccccc4)c4ccccc4-c4ccccc43)cc2)c2ccc3c(c2)C2(c4ccccc4O3)c3ccccc3Sc3ccccc32)cc1. The van der Waals surface area contributed by atoms with Gasteiger partial charge in [0.05, 0.1) is 10.8 Å². The molecule has 0 amide bonds. The summed E-state index contributed by atoms with van der Waals surface area (Å²) in [6.07, 6.45) is 0. The molecule has 0 bridgehead atoms. The highest BCUT2D eigenvalue weighted by Crippen LogP contribution is 2.62. The molecule has 2 aliphatic heterocycles. The first-order valence-corrected chi connectivity index (χ1v) is 21.1. The molecule has 0 unspecified atom stereocenters. The van der Waals surface area contributed by atoms with Crippen molar-refractivity contribution in [2.24, 2.45) is 0 Å². The van der Waals surface area contributed by atoms with E-state index in [0.29, 0.717) is 0 Å². The maximum atomic E-state index is 6.84. The number of rotatable bonds is 5. The minimum atomic E-state index is -0.587. The van der Waals surface area contributed by atoms with Gasteiger partial charge in [0.1, 0.15) is 11.5 Å². The van der Waals surface area contributed by atoms with Gasteiger partial charge in [-0.05, 0) is 105 Å². The van der Waals surface area contributed by atoms with E-state index in [-0.39, 0.29) is 0 Å². The summed E-state index contributed by atoms with van der Waals surface area (Å²) in [7, 11) is 0. The van der Waals surface area contributed by atoms with Crippen molar-refractivity contribution in [3.63, 3.8) is 0 Å². The monoisotopic (exact) mass is 771 g/mol. The van der Waals surface area contributed by atoms with E-state index in [1.807, 2.05) is 11.8 Å². The summed E-state index contributed by atoms with van der Waals surface area (Å²) < 4.78 is 6.84. The van der Waals surface area contributed by atoms with E-state index in [1.165, 1.54) is 54.3 Å². The molecule has 2 nitrogen and oxygen atoms in total. The summed E-state index contributed by atoms with van der Waals surface area (Å²) in [6, 6.07) is 82.1. The van der Waals surface area contributed by atoms with E-state index >= 15 is 0 Å². The van der Waals surface area contributed by atoms with Gasteiger partial charge in [0.15, 0.2) is 0 Å². The normalized spacial score (nSPS) is 14.4. The summed E-state index contributed by atoms with van der Waals surface area (Å²) in [5, 5.41) is 0.